The standard InChI is InChI=1S/C18H28N2O/c1-3-14(2)21-18-8-4-7-17(12-18)20-11-5-6-16(13-20)19-15-9-10-15/h4,7-8,12,14-16,19H,3,5-6,9-11,13H2,1-2H3. The molecule has 2 unspecified atom stereocenters. The van der Waals surface area contributed by atoms with Crippen LogP contribution in [0.15, 0.2) is 24.3 Å². The predicted molar refractivity (Wildman–Crippen MR) is 88.2 cm³/mol. The zero-order valence-corrected chi connectivity index (χ0v) is 13.3. The van der Waals surface area contributed by atoms with Crippen LogP contribution in [0.5, 0.6) is 5.75 Å². The van der Waals surface area contributed by atoms with Crippen molar-refractivity contribution in [2.24, 2.45) is 0 Å². The van der Waals surface area contributed by atoms with E-state index in [1.54, 1.807) is 0 Å². The summed E-state index contributed by atoms with van der Waals surface area (Å²) in [5.41, 5.74) is 1.30. The summed E-state index contributed by atoms with van der Waals surface area (Å²) < 4.78 is 5.95. The average molecular weight is 288 g/mol. The quantitative estimate of drug-likeness (QED) is 0.866. The number of ether oxygens (including phenoxy) is 1. The van der Waals surface area contributed by atoms with E-state index in [1.165, 1.54) is 31.4 Å². The molecule has 1 aromatic carbocycles. The molecule has 21 heavy (non-hydrogen) atoms. The molecule has 1 N–H and O–H groups in total. The van der Waals surface area contributed by atoms with Crippen LogP contribution in [-0.4, -0.2) is 31.3 Å². The molecule has 3 rings (SSSR count). The van der Waals surface area contributed by atoms with Crippen molar-refractivity contribution in [3.05, 3.63) is 24.3 Å². The van der Waals surface area contributed by atoms with E-state index in [9.17, 15) is 0 Å². The summed E-state index contributed by atoms with van der Waals surface area (Å²) in [6.45, 7) is 6.58. The number of hydrogen-bond donors (Lipinski definition) is 1. The topological polar surface area (TPSA) is 24.5 Å². The first-order chi connectivity index (χ1) is 10.2. The van der Waals surface area contributed by atoms with Gasteiger partial charge < -0.3 is 15.0 Å². The Balaban J connectivity index is 1.63. The Kier molecular flexibility index (Phi) is 4.69. The number of piperidine rings is 1. The highest BCUT2D eigenvalue weighted by atomic mass is 16.5. The predicted octanol–water partition coefficient (Wildman–Crippen LogP) is 3.58. The molecule has 1 heterocycles. The van der Waals surface area contributed by atoms with Gasteiger partial charge in [0.1, 0.15) is 5.75 Å². The first-order valence-electron chi connectivity index (χ1n) is 8.52. The molecule has 1 aliphatic heterocycles. The Hall–Kier alpha value is -1.22. The van der Waals surface area contributed by atoms with Crippen LogP contribution in [0.2, 0.25) is 0 Å². The van der Waals surface area contributed by atoms with Crippen molar-refractivity contribution >= 4 is 5.69 Å². The van der Waals surface area contributed by atoms with Gasteiger partial charge >= 0.3 is 0 Å². The molecule has 116 valence electrons. The van der Waals surface area contributed by atoms with E-state index in [4.69, 9.17) is 4.74 Å². The Morgan fingerprint density at radius 2 is 2.14 bits per heavy atom. The van der Waals surface area contributed by atoms with Crippen molar-refractivity contribution < 1.29 is 4.74 Å². The molecular weight excluding hydrogens is 260 g/mol. The molecule has 0 aromatic heterocycles. The van der Waals surface area contributed by atoms with Crippen molar-refractivity contribution in [1.29, 1.82) is 0 Å². The summed E-state index contributed by atoms with van der Waals surface area (Å²) in [6.07, 6.45) is 6.66. The van der Waals surface area contributed by atoms with Crippen molar-refractivity contribution in [1.82, 2.24) is 5.32 Å². The second kappa shape index (κ2) is 6.69. The molecule has 3 nitrogen and oxygen atoms in total. The fourth-order valence-electron chi connectivity index (χ4n) is 3.00. The lowest BCUT2D eigenvalue weighted by atomic mass is 10.0. The van der Waals surface area contributed by atoms with E-state index in [0.29, 0.717) is 6.04 Å². The smallest absolute Gasteiger partial charge is 0.121 e. The van der Waals surface area contributed by atoms with Crippen LogP contribution in [0.1, 0.15) is 46.0 Å². The van der Waals surface area contributed by atoms with Gasteiger partial charge in [0.15, 0.2) is 0 Å². The Morgan fingerprint density at radius 3 is 2.90 bits per heavy atom. The largest absolute Gasteiger partial charge is 0.491 e. The van der Waals surface area contributed by atoms with Gasteiger partial charge in [0.25, 0.3) is 0 Å². The number of nitrogens with zero attached hydrogens (tertiary/aromatic N) is 1. The van der Waals surface area contributed by atoms with E-state index < -0.39 is 0 Å². The fraction of sp³-hybridized carbons (Fsp3) is 0.667. The summed E-state index contributed by atoms with van der Waals surface area (Å²) in [4.78, 5) is 2.51. The van der Waals surface area contributed by atoms with Crippen LogP contribution in [0.3, 0.4) is 0 Å². The normalized spacial score (nSPS) is 23.9. The maximum absolute atomic E-state index is 5.95. The molecular formula is C18H28N2O. The van der Waals surface area contributed by atoms with Crippen LogP contribution >= 0.6 is 0 Å². The van der Waals surface area contributed by atoms with Gasteiger partial charge in [-0.1, -0.05) is 13.0 Å². The van der Waals surface area contributed by atoms with Gasteiger partial charge in [0.05, 0.1) is 6.10 Å². The molecule has 0 amide bonds. The van der Waals surface area contributed by atoms with Gasteiger partial charge in [-0.25, -0.2) is 0 Å². The number of rotatable bonds is 6. The first-order valence-corrected chi connectivity index (χ1v) is 8.52. The highest BCUT2D eigenvalue weighted by Crippen LogP contribution is 2.27. The number of hydrogen-bond acceptors (Lipinski definition) is 3. The van der Waals surface area contributed by atoms with Crippen LogP contribution in [-0.2, 0) is 0 Å². The lowest BCUT2D eigenvalue weighted by Gasteiger charge is -2.35. The summed E-state index contributed by atoms with van der Waals surface area (Å²) in [7, 11) is 0. The third kappa shape index (κ3) is 4.13. The van der Waals surface area contributed by atoms with Gasteiger partial charge in [-0.15, -0.1) is 0 Å². The molecule has 0 spiro atoms. The lowest BCUT2D eigenvalue weighted by molar-refractivity contribution is 0.217. The highest BCUT2D eigenvalue weighted by Gasteiger charge is 2.27. The summed E-state index contributed by atoms with van der Waals surface area (Å²) >= 11 is 0. The van der Waals surface area contributed by atoms with Crippen LogP contribution in [0, 0.1) is 0 Å². The molecule has 1 saturated carbocycles. The van der Waals surface area contributed by atoms with Crippen LogP contribution in [0.4, 0.5) is 5.69 Å². The minimum absolute atomic E-state index is 0.283. The summed E-state index contributed by atoms with van der Waals surface area (Å²) in [6, 6.07) is 10.1. The summed E-state index contributed by atoms with van der Waals surface area (Å²) in [5, 5.41) is 3.78. The van der Waals surface area contributed by atoms with Gasteiger partial charge in [0, 0.05) is 36.9 Å². The van der Waals surface area contributed by atoms with Gasteiger partial charge in [0.2, 0.25) is 0 Å². The zero-order chi connectivity index (χ0) is 14.7. The number of benzene rings is 1. The highest BCUT2D eigenvalue weighted by molar-refractivity contribution is 5.51. The molecule has 0 bridgehead atoms. The van der Waals surface area contributed by atoms with E-state index >= 15 is 0 Å². The summed E-state index contributed by atoms with van der Waals surface area (Å²) in [5.74, 6) is 0.999. The maximum atomic E-state index is 5.95. The Bertz CT molecular complexity index is 458. The molecule has 2 atom stereocenters. The van der Waals surface area contributed by atoms with Crippen molar-refractivity contribution in [3.8, 4) is 5.75 Å². The average Bonchev–Trinajstić information content (AvgIpc) is 3.31. The third-order valence-corrected chi connectivity index (χ3v) is 4.57. The van der Waals surface area contributed by atoms with E-state index in [1.807, 2.05) is 0 Å². The van der Waals surface area contributed by atoms with E-state index in [0.717, 1.165) is 31.3 Å². The zero-order valence-electron chi connectivity index (χ0n) is 13.3. The third-order valence-electron chi connectivity index (χ3n) is 4.57. The molecule has 0 radical (unpaired) electrons. The number of nitrogens with one attached hydrogen (secondary N) is 1. The van der Waals surface area contributed by atoms with Crippen LogP contribution in [0.25, 0.3) is 0 Å². The molecule has 1 aliphatic carbocycles. The molecule has 1 aromatic rings. The molecule has 2 fully saturated rings. The first kappa shape index (κ1) is 14.7. The molecule has 1 saturated heterocycles. The second-order valence-electron chi connectivity index (χ2n) is 6.56. The lowest BCUT2D eigenvalue weighted by Crippen LogP contribution is -2.46. The molecule has 3 heteroatoms. The van der Waals surface area contributed by atoms with Crippen molar-refractivity contribution in [2.45, 2.75) is 64.1 Å². The van der Waals surface area contributed by atoms with E-state index in [2.05, 4.69) is 48.3 Å². The number of anilines is 1. The second-order valence-corrected chi connectivity index (χ2v) is 6.56. The Labute approximate surface area is 128 Å². The van der Waals surface area contributed by atoms with Gasteiger partial charge in [-0.05, 0) is 51.2 Å². The van der Waals surface area contributed by atoms with Gasteiger partial charge in [-0.3, -0.25) is 0 Å². The monoisotopic (exact) mass is 288 g/mol. The minimum atomic E-state index is 0.283. The van der Waals surface area contributed by atoms with Crippen molar-refractivity contribution in [2.75, 3.05) is 18.0 Å². The fourth-order valence-corrected chi connectivity index (χ4v) is 3.00. The van der Waals surface area contributed by atoms with Crippen LogP contribution < -0.4 is 15.0 Å². The Morgan fingerprint density at radius 1 is 1.29 bits per heavy atom. The van der Waals surface area contributed by atoms with E-state index in [-0.39, 0.29) is 6.10 Å². The molecule has 2 aliphatic rings. The van der Waals surface area contributed by atoms with Gasteiger partial charge in [-0.2, -0.15) is 0 Å². The SMILES string of the molecule is CCC(C)Oc1cccc(N2CCCC(NC3CC3)C2)c1. The van der Waals surface area contributed by atoms with Crippen molar-refractivity contribution in [3.63, 3.8) is 0 Å². The maximum Gasteiger partial charge on any atom is 0.121 e. The minimum Gasteiger partial charge on any atom is -0.491 e.